The van der Waals surface area contributed by atoms with Gasteiger partial charge in [-0.05, 0) is 42.0 Å². The van der Waals surface area contributed by atoms with E-state index in [9.17, 15) is 0 Å². The Bertz CT molecular complexity index is 864. The third kappa shape index (κ3) is 2.67. The smallest absolute Gasteiger partial charge is 0.131 e. The fourth-order valence-electron chi connectivity index (χ4n) is 3.07. The summed E-state index contributed by atoms with van der Waals surface area (Å²) >= 11 is 0. The van der Waals surface area contributed by atoms with E-state index >= 15 is 0 Å². The van der Waals surface area contributed by atoms with Gasteiger partial charge in [0.05, 0.1) is 7.11 Å². The Morgan fingerprint density at radius 1 is 0.792 bits per heavy atom. The molecule has 1 aliphatic heterocycles. The molecule has 0 saturated heterocycles. The van der Waals surface area contributed by atoms with Crippen LogP contribution in [0.25, 0.3) is 5.76 Å². The van der Waals surface area contributed by atoms with Gasteiger partial charge in [-0.25, -0.2) is 0 Å². The zero-order valence-electron chi connectivity index (χ0n) is 13.5. The molecule has 2 nitrogen and oxygen atoms in total. The average molecular weight is 314 g/mol. The van der Waals surface area contributed by atoms with Crippen molar-refractivity contribution in [2.45, 2.75) is 5.92 Å². The number of ether oxygens (including phenoxy) is 2. The van der Waals surface area contributed by atoms with E-state index in [0.29, 0.717) is 0 Å². The van der Waals surface area contributed by atoms with Gasteiger partial charge >= 0.3 is 0 Å². The van der Waals surface area contributed by atoms with E-state index in [-0.39, 0.29) is 5.92 Å². The minimum absolute atomic E-state index is 0.188. The second kappa shape index (κ2) is 6.25. The van der Waals surface area contributed by atoms with Gasteiger partial charge in [0.25, 0.3) is 0 Å². The molecule has 3 aromatic carbocycles. The monoisotopic (exact) mass is 314 g/mol. The summed E-state index contributed by atoms with van der Waals surface area (Å²) in [5.41, 5.74) is 3.51. The number of para-hydroxylation sites is 1. The predicted molar refractivity (Wildman–Crippen MR) is 96.3 cm³/mol. The molecule has 0 fully saturated rings. The number of rotatable bonds is 3. The first-order chi connectivity index (χ1) is 11.8. The van der Waals surface area contributed by atoms with Crippen LogP contribution in [0, 0.1) is 0 Å². The van der Waals surface area contributed by atoms with Crippen molar-refractivity contribution >= 4 is 5.76 Å². The molecule has 1 atom stereocenters. The molecular weight excluding hydrogens is 296 g/mol. The number of allylic oxidation sites excluding steroid dienone is 1. The number of methoxy groups -OCH3 is 1. The van der Waals surface area contributed by atoms with E-state index in [2.05, 4.69) is 42.5 Å². The molecular formula is C22H18O2. The van der Waals surface area contributed by atoms with Crippen molar-refractivity contribution in [1.82, 2.24) is 0 Å². The molecule has 24 heavy (non-hydrogen) atoms. The van der Waals surface area contributed by atoms with Crippen LogP contribution in [-0.4, -0.2) is 7.11 Å². The Kier molecular flexibility index (Phi) is 3.80. The third-order valence-corrected chi connectivity index (χ3v) is 4.33. The van der Waals surface area contributed by atoms with Gasteiger partial charge in [-0.3, -0.25) is 0 Å². The molecule has 0 unspecified atom stereocenters. The summed E-state index contributed by atoms with van der Waals surface area (Å²) in [5.74, 6) is 2.83. The highest BCUT2D eigenvalue weighted by Gasteiger charge is 2.23. The molecule has 0 radical (unpaired) electrons. The summed E-state index contributed by atoms with van der Waals surface area (Å²) < 4.78 is 11.4. The Balaban J connectivity index is 1.79. The molecule has 0 aromatic heterocycles. The lowest BCUT2D eigenvalue weighted by Crippen LogP contribution is -2.10. The highest BCUT2D eigenvalue weighted by molar-refractivity contribution is 5.68. The fraction of sp³-hybridized carbons (Fsp3) is 0.0909. The van der Waals surface area contributed by atoms with Gasteiger partial charge in [0.2, 0.25) is 0 Å². The Morgan fingerprint density at radius 2 is 1.50 bits per heavy atom. The maximum Gasteiger partial charge on any atom is 0.131 e. The molecule has 118 valence electrons. The van der Waals surface area contributed by atoms with E-state index in [1.807, 2.05) is 42.5 Å². The maximum atomic E-state index is 6.16. The Morgan fingerprint density at radius 3 is 2.25 bits per heavy atom. The van der Waals surface area contributed by atoms with E-state index in [1.165, 1.54) is 11.1 Å². The average Bonchev–Trinajstić information content (AvgIpc) is 2.68. The maximum absolute atomic E-state index is 6.16. The molecule has 0 bridgehead atoms. The fourth-order valence-corrected chi connectivity index (χ4v) is 3.07. The van der Waals surface area contributed by atoms with Crippen molar-refractivity contribution in [3.8, 4) is 11.5 Å². The van der Waals surface area contributed by atoms with Crippen LogP contribution in [0.4, 0.5) is 0 Å². The van der Waals surface area contributed by atoms with Crippen LogP contribution in [0.3, 0.4) is 0 Å². The standard InChI is InChI=1S/C22H18O2/c1-23-18-13-11-17(12-14-18)22-15-20(16-7-3-2-4-8-16)19-9-5-6-10-21(19)24-22/h2-15,20H,1H3/t20-/m0/s1. The number of fused-ring (bicyclic) bond motifs is 1. The molecule has 1 aliphatic rings. The number of hydrogen-bond donors (Lipinski definition) is 0. The summed E-state index contributed by atoms with van der Waals surface area (Å²) in [7, 11) is 1.67. The topological polar surface area (TPSA) is 18.5 Å². The predicted octanol–water partition coefficient (Wildman–Crippen LogP) is 5.26. The number of hydrogen-bond acceptors (Lipinski definition) is 2. The molecule has 4 rings (SSSR count). The Hall–Kier alpha value is -3.00. The summed E-state index contributed by atoms with van der Waals surface area (Å²) in [6, 6.07) is 26.7. The lowest BCUT2D eigenvalue weighted by Gasteiger charge is -2.25. The lowest BCUT2D eigenvalue weighted by atomic mass is 9.88. The first-order valence-electron chi connectivity index (χ1n) is 8.03. The molecule has 0 saturated carbocycles. The van der Waals surface area contributed by atoms with Crippen LogP contribution in [-0.2, 0) is 0 Å². The van der Waals surface area contributed by atoms with E-state index < -0.39 is 0 Å². The van der Waals surface area contributed by atoms with Gasteiger partial charge in [0.1, 0.15) is 17.3 Å². The third-order valence-electron chi connectivity index (χ3n) is 4.33. The summed E-state index contributed by atoms with van der Waals surface area (Å²) in [6.07, 6.45) is 2.19. The number of benzene rings is 3. The zero-order chi connectivity index (χ0) is 16.4. The zero-order valence-corrected chi connectivity index (χ0v) is 13.5. The quantitative estimate of drug-likeness (QED) is 0.656. The van der Waals surface area contributed by atoms with Crippen LogP contribution in [0.1, 0.15) is 22.6 Å². The normalized spacial score (nSPS) is 15.9. The van der Waals surface area contributed by atoms with Crippen molar-refractivity contribution in [3.05, 3.63) is 102 Å². The van der Waals surface area contributed by atoms with E-state index in [1.54, 1.807) is 7.11 Å². The molecule has 2 heteroatoms. The van der Waals surface area contributed by atoms with Crippen molar-refractivity contribution in [1.29, 1.82) is 0 Å². The second-order valence-corrected chi connectivity index (χ2v) is 5.79. The lowest BCUT2D eigenvalue weighted by molar-refractivity contribution is 0.414. The van der Waals surface area contributed by atoms with Crippen LogP contribution in [0.2, 0.25) is 0 Å². The summed E-state index contributed by atoms with van der Waals surface area (Å²) in [5, 5.41) is 0. The largest absolute Gasteiger partial charge is 0.497 e. The van der Waals surface area contributed by atoms with Crippen LogP contribution < -0.4 is 9.47 Å². The van der Waals surface area contributed by atoms with Gasteiger partial charge in [0, 0.05) is 17.0 Å². The minimum Gasteiger partial charge on any atom is -0.497 e. The van der Waals surface area contributed by atoms with Crippen molar-refractivity contribution in [2.75, 3.05) is 7.11 Å². The van der Waals surface area contributed by atoms with Gasteiger partial charge in [-0.1, -0.05) is 48.5 Å². The molecule has 3 aromatic rings. The highest BCUT2D eigenvalue weighted by Crippen LogP contribution is 2.40. The Labute approximate surface area is 142 Å². The SMILES string of the molecule is COc1ccc(C2=C[C@@H](c3ccccc3)c3ccccc3O2)cc1. The van der Waals surface area contributed by atoms with E-state index in [4.69, 9.17) is 9.47 Å². The molecule has 1 heterocycles. The van der Waals surface area contributed by atoms with E-state index in [0.717, 1.165) is 22.8 Å². The first-order valence-corrected chi connectivity index (χ1v) is 8.03. The van der Waals surface area contributed by atoms with Crippen LogP contribution in [0.15, 0.2) is 84.9 Å². The van der Waals surface area contributed by atoms with Crippen molar-refractivity contribution in [2.24, 2.45) is 0 Å². The van der Waals surface area contributed by atoms with Crippen LogP contribution >= 0.6 is 0 Å². The van der Waals surface area contributed by atoms with Crippen LogP contribution in [0.5, 0.6) is 11.5 Å². The first kappa shape index (κ1) is 14.6. The summed E-state index contributed by atoms with van der Waals surface area (Å²) in [4.78, 5) is 0. The van der Waals surface area contributed by atoms with Gasteiger partial charge < -0.3 is 9.47 Å². The van der Waals surface area contributed by atoms with Gasteiger partial charge in [-0.2, -0.15) is 0 Å². The molecule has 0 amide bonds. The van der Waals surface area contributed by atoms with Crippen molar-refractivity contribution in [3.63, 3.8) is 0 Å². The van der Waals surface area contributed by atoms with Crippen molar-refractivity contribution < 1.29 is 9.47 Å². The molecule has 0 N–H and O–H groups in total. The van der Waals surface area contributed by atoms with Gasteiger partial charge in [0.15, 0.2) is 0 Å². The van der Waals surface area contributed by atoms with Gasteiger partial charge in [-0.15, -0.1) is 0 Å². The second-order valence-electron chi connectivity index (χ2n) is 5.79. The molecule has 0 aliphatic carbocycles. The summed E-state index contributed by atoms with van der Waals surface area (Å²) in [6.45, 7) is 0. The highest BCUT2D eigenvalue weighted by atomic mass is 16.5. The molecule has 0 spiro atoms. The minimum atomic E-state index is 0.188.